The Kier molecular flexibility index (Phi) is 6.24. The zero-order chi connectivity index (χ0) is 19.2. The van der Waals surface area contributed by atoms with Crippen LogP contribution in [0.4, 0.5) is 5.69 Å². The lowest BCUT2D eigenvalue weighted by Gasteiger charge is -2.31. The molecule has 2 amide bonds. The highest BCUT2D eigenvalue weighted by Crippen LogP contribution is 2.16. The molecule has 0 aromatic heterocycles. The molecule has 0 spiro atoms. The van der Waals surface area contributed by atoms with E-state index in [-0.39, 0.29) is 17.9 Å². The van der Waals surface area contributed by atoms with Gasteiger partial charge in [0.2, 0.25) is 5.91 Å². The van der Waals surface area contributed by atoms with Gasteiger partial charge in [0.25, 0.3) is 5.91 Å². The largest absolute Gasteiger partial charge is 0.349 e. The molecule has 27 heavy (non-hydrogen) atoms. The Morgan fingerprint density at radius 2 is 1.74 bits per heavy atom. The highest BCUT2D eigenvalue weighted by atomic mass is 16.2. The molecule has 0 bridgehead atoms. The van der Waals surface area contributed by atoms with Crippen LogP contribution in [0.2, 0.25) is 0 Å². The van der Waals surface area contributed by atoms with Gasteiger partial charge in [-0.2, -0.15) is 0 Å². The lowest BCUT2D eigenvalue weighted by molar-refractivity contribution is -0.117. The molecular weight excluding hydrogens is 338 g/mol. The maximum absolute atomic E-state index is 12.3. The minimum absolute atomic E-state index is 0.00808. The topological polar surface area (TPSA) is 61.4 Å². The minimum Gasteiger partial charge on any atom is -0.349 e. The van der Waals surface area contributed by atoms with E-state index in [0.29, 0.717) is 12.1 Å². The number of rotatable bonds is 5. The number of nitrogens with zero attached hydrogens (tertiary/aromatic N) is 1. The van der Waals surface area contributed by atoms with Crippen LogP contribution in [0.5, 0.6) is 0 Å². The molecule has 1 fully saturated rings. The maximum atomic E-state index is 12.3. The highest BCUT2D eigenvalue weighted by molar-refractivity contribution is 5.94. The van der Waals surface area contributed by atoms with Crippen molar-refractivity contribution < 1.29 is 9.59 Å². The lowest BCUT2D eigenvalue weighted by atomic mass is 10.0. The molecule has 5 nitrogen and oxygen atoms in total. The third-order valence-electron chi connectivity index (χ3n) is 4.98. The fourth-order valence-corrected chi connectivity index (χ4v) is 3.44. The van der Waals surface area contributed by atoms with Crippen molar-refractivity contribution in [3.05, 3.63) is 65.2 Å². The van der Waals surface area contributed by atoms with Crippen LogP contribution in [-0.2, 0) is 4.79 Å². The summed E-state index contributed by atoms with van der Waals surface area (Å²) in [7, 11) is 0. The molecule has 0 unspecified atom stereocenters. The van der Waals surface area contributed by atoms with Gasteiger partial charge in [-0.1, -0.05) is 35.9 Å². The van der Waals surface area contributed by atoms with Crippen molar-refractivity contribution in [2.75, 3.05) is 25.0 Å². The molecule has 0 aliphatic carbocycles. The summed E-state index contributed by atoms with van der Waals surface area (Å²) in [6, 6.07) is 15.5. The molecule has 0 saturated carbocycles. The summed E-state index contributed by atoms with van der Waals surface area (Å²) < 4.78 is 0. The number of nitrogens with one attached hydrogen (secondary N) is 2. The molecule has 3 rings (SSSR count). The molecule has 0 atom stereocenters. The van der Waals surface area contributed by atoms with Gasteiger partial charge in [0, 0.05) is 30.4 Å². The summed E-state index contributed by atoms with van der Waals surface area (Å²) in [5.41, 5.74) is 3.82. The van der Waals surface area contributed by atoms with Gasteiger partial charge in [0.15, 0.2) is 0 Å². The van der Waals surface area contributed by atoms with Gasteiger partial charge < -0.3 is 10.6 Å². The van der Waals surface area contributed by atoms with Crippen LogP contribution >= 0.6 is 0 Å². The molecule has 2 aromatic carbocycles. The smallest absolute Gasteiger partial charge is 0.251 e. The highest BCUT2D eigenvalue weighted by Gasteiger charge is 2.22. The van der Waals surface area contributed by atoms with E-state index in [1.165, 1.54) is 5.56 Å². The van der Waals surface area contributed by atoms with Crippen molar-refractivity contribution in [3.8, 4) is 0 Å². The average Bonchev–Trinajstić information content (AvgIpc) is 2.66. The number of carbonyl (C=O) groups is 2. The van der Waals surface area contributed by atoms with E-state index in [9.17, 15) is 9.59 Å². The van der Waals surface area contributed by atoms with Crippen molar-refractivity contribution in [3.63, 3.8) is 0 Å². The third-order valence-corrected chi connectivity index (χ3v) is 4.98. The Morgan fingerprint density at radius 3 is 2.41 bits per heavy atom. The SMILES string of the molecule is Cc1ccc(NC(=O)CN2CCC(NC(=O)c3ccccc3)CC2)c(C)c1. The van der Waals surface area contributed by atoms with Crippen molar-refractivity contribution >= 4 is 17.5 Å². The van der Waals surface area contributed by atoms with Crippen molar-refractivity contribution in [2.24, 2.45) is 0 Å². The van der Waals surface area contributed by atoms with Crippen molar-refractivity contribution in [1.29, 1.82) is 0 Å². The first-order valence-electron chi connectivity index (χ1n) is 9.46. The van der Waals surface area contributed by atoms with Crippen LogP contribution in [0.1, 0.15) is 34.3 Å². The van der Waals surface area contributed by atoms with Gasteiger partial charge in [-0.05, 0) is 50.5 Å². The van der Waals surface area contributed by atoms with Crippen LogP contribution in [0.3, 0.4) is 0 Å². The average molecular weight is 365 g/mol. The molecule has 1 saturated heterocycles. The molecular formula is C22H27N3O2. The summed E-state index contributed by atoms with van der Waals surface area (Å²) in [5.74, 6) is -0.0182. The Morgan fingerprint density at radius 1 is 1.04 bits per heavy atom. The van der Waals surface area contributed by atoms with E-state index in [2.05, 4.69) is 21.6 Å². The fraction of sp³-hybridized carbons (Fsp3) is 0.364. The van der Waals surface area contributed by atoms with Crippen LogP contribution in [-0.4, -0.2) is 42.4 Å². The van der Waals surface area contributed by atoms with Crippen LogP contribution in [0, 0.1) is 13.8 Å². The Bertz CT molecular complexity index is 796. The van der Waals surface area contributed by atoms with Gasteiger partial charge in [-0.15, -0.1) is 0 Å². The zero-order valence-electron chi connectivity index (χ0n) is 16.0. The second-order valence-electron chi connectivity index (χ2n) is 7.26. The summed E-state index contributed by atoms with van der Waals surface area (Å²) in [5, 5.41) is 6.09. The molecule has 0 radical (unpaired) electrons. The normalized spacial score (nSPS) is 15.3. The Balaban J connectivity index is 1.44. The molecule has 5 heteroatoms. The zero-order valence-corrected chi connectivity index (χ0v) is 16.0. The molecule has 142 valence electrons. The quantitative estimate of drug-likeness (QED) is 0.856. The first kappa shape index (κ1) is 19.1. The second kappa shape index (κ2) is 8.82. The van der Waals surface area contributed by atoms with Crippen LogP contribution < -0.4 is 10.6 Å². The molecule has 2 N–H and O–H groups in total. The lowest BCUT2D eigenvalue weighted by Crippen LogP contribution is -2.46. The Hall–Kier alpha value is -2.66. The van der Waals surface area contributed by atoms with E-state index >= 15 is 0 Å². The number of amides is 2. The van der Waals surface area contributed by atoms with Gasteiger partial charge in [0.05, 0.1) is 6.54 Å². The molecule has 2 aromatic rings. The number of benzene rings is 2. The number of hydrogen-bond acceptors (Lipinski definition) is 3. The van der Waals surface area contributed by atoms with E-state index in [4.69, 9.17) is 0 Å². The van der Waals surface area contributed by atoms with E-state index in [1.54, 1.807) is 0 Å². The predicted molar refractivity (Wildman–Crippen MR) is 108 cm³/mol. The predicted octanol–water partition coefficient (Wildman–Crippen LogP) is 3.14. The van der Waals surface area contributed by atoms with Gasteiger partial charge in [-0.25, -0.2) is 0 Å². The Labute approximate surface area is 160 Å². The standard InChI is InChI=1S/C22H27N3O2/c1-16-8-9-20(17(2)14-16)24-21(26)15-25-12-10-19(11-13-25)23-22(27)18-6-4-3-5-7-18/h3-9,14,19H,10-13,15H2,1-2H3,(H,23,27)(H,24,26). The molecule has 1 aliphatic rings. The summed E-state index contributed by atoms with van der Waals surface area (Å²) >= 11 is 0. The van der Waals surface area contributed by atoms with E-state index in [0.717, 1.165) is 37.2 Å². The molecule has 1 aliphatic heterocycles. The summed E-state index contributed by atoms with van der Waals surface area (Å²) in [6.45, 7) is 6.04. The second-order valence-corrected chi connectivity index (χ2v) is 7.26. The fourth-order valence-electron chi connectivity index (χ4n) is 3.44. The summed E-state index contributed by atoms with van der Waals surface area (Å²) in [4.78, 5) is 26.7. The third kappa shape index (κ3) is 5.41. The molecule has 1 heterocycles. The monoisotopic (exact) mass is 365 g/mol. The maximum Gasteiger partial charge on any atom is 0.251 e. The number of piperidine rings is 1. The number of carbonyl (C=O) groups excluding carboxylic acids is 2. The first-order chi connectivity index (χ1) is 13.0. The van der Waals surface area contributed by atoms with Gasteiger partial charge in [0.1, 0.15) is 0 Å². The van der Waals surface area contributed by atoms with Gasteiger partial charge in [-0.3, -0.25) is 14.5 Å². The minimum atomic E-state index is -0.0263. The van der Waals surface area contributed by atoms with Crippen molar-refractivity contribution in [2.45, 2.75) is 32.7 Å². The van der Waals surface area contributed by atoms with Crippen LogP contribution in [0.25, 0.3) is 0 Å². The summed E-state index contributed by atoms with van der Waals surface area (Å²) in [6.07, 6.45) is 1.71. The first-order valence-corrected chi connectivity index (χ1v) is 9.46. The van der Waals surface area contributed by atoms with E-state index in [1.807, 2.05) is 56.3 Å². The van der Waals surface area contributed by atoms with Crippen molar-refractivity contribution in [1.82, 2.24) is 10.2 Å². The number of anilines is 1. The number of aryl methyl sites for hydroxylation is 2. The van der Waals surface area contributed by atoms with E-state index < -0.39 is 0 Å². The van der Waals surface area contributed by atoms with Crippen LogP contribution in [0.15, 0.2) is 48.5 Å². The number of likely N-dealkylation sites (tertiary alicyclic amines) is 1. The number of hydrogen-bond donors (Lipinski definition) is 2. The van der Waals surface area contributed by atoms with Gasteiger partial charge >= 0.3 is 0 Å².